The quantitative estimate of drug-likeness (QED) is 0.168. The zero-order valence-corrected chi connectivity index (χ0v) is 26.9. The highest BCUT2D eigenvalue weighted by Crippen LogP contribution is 2.60. The first-order valence-electron chi connectivity index (χ1n) is 11.6. The molecular weight excluding hydrogens is 728 g/mol. The number of carbonyl (C=O) groups is 4. The van der Waals surface area contributed by atoms with Crippen LogP contribution in [-0.4, -0.2) is 49.8 Å². The molecule has 0 saturated carbocycles. The maximum Gasteiger partial charge on any atom is 0.345 e. The van der Waals surface area contributed by atoms with Crippen LogP contribution in [0.3, 0.4) is 0 Å². The van der Waals surface area contributed by atoms with Gasteiger partial charge >= 0.3 is 23.9 Å². The molecule has 0 spiro atoms. The van der Waals surface area contributed by atoms with Crippen LogP contribution in [-0.2, 0) is 25.6 Å². The summed E-state index contributed by atoms with van der Waals surface area (Å²) in [6, 6.07) is 5.91. The number of ether oxygens (including phenoxy) is 5. The molecule has 0 radical (unpaired) electrons. The Morgan fingerprint density at radius 2 is 1.19 bits per heavy atom. The lowest BCUT2D eigenvalue weighted by Crippen LogP contribution is -2.35. The van der Waals surface area contributed by atoms with Crippen LogP contribution < -0.4 is 23.7 Å². The third-order valence-corrected chi connectivity index (χ3v) is 7.74. The summed E-state index contributed by atoms with van der Waals surface area (Å²) >= 11 is 45.2. The summed E-state index contributed by atoms with van der Waals surface area (Å²) in [5, 5.41) is 0. The summed E-state index contributed by atoms with van der Waals surface area (Å²) in [5.41, 5.74) is 1.21. The molecule has 0 amide bonds. The van der Waals surface area contributed by atoms with Gasteiger partial charge in [0.2, 0.25) is 25.1 Å². The number of hydrogen-bond acceptors (Lipinski definition) is 9. The minimum absolute atomic E-state index is 0.0430. The molecular formula is C25H16Cl8O9. The zero-order chi connectivity index (χ0) is 31.1. The molecule has 0 N–H and O–H groups in total. The standard InChI is InChI=1S/C25H16Cl8O9/c1-25-6-8-4-12(40-22(35)18(28)29)13(41-23(36)19(30)31)5-10(8)14(25)9-2-3-11(39-21(34)17(26)27)16(15(9)38-7-25)42-24(37)20(32)33/h2-5,14,17-20H,6-7H2,1H3/t14-,25-/m0/s1. The third-order valence-electron chi connectivity index (χ3n) is 6.32. The van der Waals surface area contributed by atoms with Gasteiger partial charge in [0.05, 0.1) is 6.61 Å². The van der Waals surface area contributed by atoms with Crippen LogP contribution in [0.25, 0.3) is 0 Å². The van der Waals surface area contributed by atoms with E-state index < -0.39 is 54.6 Å². The van der Waals surface area contributed by atoms with Gasteiger partial charge in [-0.15, -0.1) is 0 Å². The highest BCUT2D eigenvalue weighted by Gasteiger charge is 2.50. The van der Waals surface area contributed by atoms with E-state index in [4.69, 9.17) is 116 Å². The fourth-order valence-electron chi connectivity index (χ4n) is 4.74. The van der Waals surface area contributed by atoms with Crippen molar-refractivity contribution in [3.8, 4) is 28.7 Å². The highest BCUT2D eigenvalue weighted by atomic mass is 35.5. The van der Waals surface area contributed by atoms with Gasteiger partial charge in [-0.25, -0.2) is 19.2 Å². The molecule has 2 aromatic rings. The van der Waals surface area contributed by atoms with E-state index in [1.165, 1.54) is 18.2 Å². The van der Waals surface area contributed by atoms with Gasteiger partial charge in [-0.1, -0.05) is 106 Å². The predicted molar refractivity (Wildman–Crippen MR) is 157 cm³/mol. The largest absolute Gasteiger partial charge is 0.489 e. The number of fused-ring (bicyclic) bond motifs is 5. The molecule has 0 aromatic heterocycles. The van der Waals surface area contributed by atoms with E-state index in [1.54, 1.807) is 6.07 Å². The molecule has 226 valence electrons. The minimum atomic E-state index is -1.58. The van der Waals surface area contributed by atoms with Crippen molar-refractivity contribution in [3.05, 3.63) is 41.0 Å². The Morgan fingerprint density at radius 3 is 1.71 bits per heavy atom. The lowest BCUT2D eigenvalue weighted by Gasteiger charge is -2.38. The monoisotopic (exact) mass is 740 g/mol. The van der Waals surface area contributed by atoms with Gasteiger partial charge in [-0.3, -0.25) is 0 Å². The van der Waals surface area contributed by atoms with Crippen LogP contribution in [0.2, 0.25) is 0 Å². The molecule has 0 bridgehead atoms. The molecule has 0 unspecified atom stereocenters. The molecule has 0 fully saturated rings. The summed E-state index contributed by atoms with van der Waals surface area (Å²) < 4.78 is 27.2. The van der Waals surface area contributed by atoms with Crippen molar-refractivity contribution in [1.29, 1.82) is 0 Å². The van der Waals surface area contributed by atoms with E-state index in [-0.39, 0.29) is 35.4 Å². The maximum atomic E-state index is 12.4. The SMILES string of the molecule is C[C@]12COc3c(ccc(OC(=O)C(Cl)Cl)c3OC(=O)C(Cl)Cl)[C@H]1c1cc(OC(=O)C(Cl)Cl)c(OC(=O)C(Cl)Cl)cc1C2. The number of carbonyl (C=O) groups excluding carboxylic acids is 4. The Bertz CT molecular complexity index is 1450. The Kier molecular flexibility index (Phi) is 10.5. The average Bonchev–Trinajstić information content (AvgIpc) is 3.20. The number of benzene rings is 2. The van der Waals surface area contributed by atoms with E-state index in [2.05, 4.69) is 0 Å². The fraction of sp³-hybridized carbons (Fsp3) is 0.360. The average molecular weight is 744 g/mol. The van der Waals surface area contributed by atoms with Crippen molar-refractivity contribution in [1.82, 2.24) is 0 Å². The van der Waals surface area contributed by atoms with Gasteiger partial charge in [0.1, 0.15) is 0 Å². The van der Waals surface area contributed by atoms with E-state index in [1.807, 2.05) is 6.92 Å². The second kappa shape index (κ2) is 13.2. The van der Waals surface area contributed by atoms with Gasteiger partial charge in [-0.2, -0.15) is 0 Å². The Hall–Kier alpha value is -1.56. The van der Waals surface area contributed by atoms with Crippen molar-refractivity contribution in [2.24, 2.45) is 5.41 Å². The van der Waals surface area contributed by atoms with Gasteiger partial charge in [0.25, 0.3) is 0 Å². The van der Waals surface area contributed by atoms with E-state index in [0.29, 0.717) is 23.1 Å². The normalized spacial score (nSPS) is 18.7. The lowest BCUT2D eigenvalue weighted by atomic mass is 9.73. The van der Waals surface area contributed by atoms with Gasteiger partial charge in [-0.05, 0) is 35.7 Å². The maximum absolute atomic E-state index is 12.4. The molecule has 2 aromatic carbocycles. The molecule has 17 heteroatoms. The van der Waals surface area contributed by atoms with Gasteiger partial charge in [0.15, 0.2) is 23.0 Å². The topological polar surface area (TPSA) is 114 Å². The first kappa shape index (κ1) is 33.3. The lowest BCUT2D eigenvalue weighted by molar-refractivity contribution is -0.135. The summed E-state index contributed by atoms with van der Waals surface area (Å²) in [7, 11) is 0. The molecule has 4 rings (SSSR count). The third kappa shape index (κ3) is 6.89. The van der Waals surface area contributed by atoms with Crippen LogP contribution in [0.1, 0.15) is 29.5 Å². The number of halogens is 8. The Balaban J connectivity index is 1.87. The van der Waals surface area contributed by atoms with Crippen LogP contribution in [0.5, 0.6) is 28.7 Å². The van der Waals surface area contributed by atoms with Crippen LogP contribution in [0, 0.1) is 5.41 Å². The number of alkyl halides is 8. The Morgan fingerprint density at radius 1 is 0.714 bits per heavy atom. The van der Waals surface area contributed by atoms with Crippen LogP contribution >= 0.6 is 92.8 Å². The van der Waals surface area contributed by atoms with Crippen molar-refractivity contribution >= 4 is 117 Å². The number of esters is 4. The fourth-order valence-corrected chi connectivity index (χ4v) is 5.10. The smallest absolute Gasteiger partial charge is 0.345 e. The zero-order valence-electron chi connectivity index (χ0n) is 20.8. The molecule has 2 atom stereocenters. The van der Waals surface area contributed by atoms with Crippen molar-refractivity contribution in [2.45, 2.75) is 38.6 Å². The Labute approximate surface area is 278 Å². The highest BCUT2D eigenvalue weighted by molar-refractivity contribution is 6.54. The van der Waals surface area contributed by atoms with Crippen molar-refractivity contribution in [3.63, 3.8) is 0 Å². The van der Waals surface area contributed by atoms with E-state index >= 15 is 0 Å². The molecule has 9 nitrogen and oxygen atoms in total. The molecule has 1 aliphatic carbocycles. The molecule has 2 aliphatic rings. The second-order valence-corrected chi connectivity index (χ2v) is 13.6. The first-order chi connectivity index (χ1) is 19.6. The van der Waals surface area contributed by atoms with Crippen LogP contribution in [0.4, 0.5) is 0 Å². The summed E-state index contributed by atoms with van der Waals surface area (Å²) in [6.07, 6.45) is 0.404. The predicted octanol–water partition coefficient (Wildman–Crippen LogP) is 6.61. The molecule has 0 saturated heterocycles. The van der Waals surface area contributed by atoms with Gasteiger partial charge in [0, 0.05) is 16.9 Å². The van der Waals surface area contributed by atoms with E-state index in [9.17, 15) is 19.2 Å². The van der Waals surface area contributed by atoms with Crippen molar-refractivity contribution < 1.29 is 42.9 Å². The minimum Gasteiger partial charge on any atom is -0.489 e. The molecule has 1 heterocycles. The summed E-state index contributed by atoms with van der Waals surface area (Å²) in [5.74, 6) is -5.47. The van der Waals surface area contributed by atoms with Crippen LogP contribution in [0.15, 0.2) is 24.3 Å². The number of rotatable bonds is 8. The van der Waals surface area contributed by atoms with Gasteiger partial charge < -0.3 is 23.7 Å². The second-order valence-electron chi connectivity index (χ2n) is 9.25. The van der Waals surface area contributed by atoms with E-state index in [0.717, 1.165) is 0 Å². The molecule has 1 aliphatic heterocycles. The van der Waals surface area contributed by atoms with Crippen molar-refractivity contribution in [2.75, 3.05) is 6.61 Å². The molecule has 42 heavy (non-hydrogen) atoms. The summed E-state index contributed by atoms with van der Waals surface area (Å²) in [4.78, 5) is 42.8. The number of hydrogen-bond donors (Lipinski definition) is 0. The first-order valence-corrected chi connectivity index (χ1v) is 15.1. The summed E-state index contributed by atoms with van der Waals surface area (Å²) in [6.45, 7) is 2.00.